The van der Waals surface area contributed by atoms with Gasteiger partial charge in [-0.25, -0.2) is 4.39 Å². The summed E-state index contributed by atoms with van der Waals surface area (Å²) in [6, 6.07) is 15.5. The molecule has 162 valence electrons. The van der Waals surface area contributed by atoms with E-state index in [1.54, 1.807) is 17.0 Å². The summed E-state index contributed by atoms with van der Waals surface area (Å²) in [6.07, 6.45) is 0.514. The minimum atomic E-state index is -0.557. The van der Waals surface area contributed by atoms with Gasteiger partial charge < -0.3 is 10.2 Å². The lowest BCUT2D eigenvalue weighted by Gasteiger charge is -2.31. The lowest BCUT2D eigenvalue weighted by Crippen LogP contribution is -2.50. The summed E-state index contributed by atoms with van der Waals surface area (Å²) < 4.78 is 13.3. The summed E-state index contributed by atoms with van der Waals surface area (Å²) in [7, 11) is 0. The molecule has 2 rings (SSSR count). The average Bonchev–Trinajstić information content (AvgIpc) is 2.74. The number of nitrogens with one attached hydrogen (secondary N) is 1. The minimum absolute atomic E-state index is 0.0909. The molecule has 0 saturated heterocycles. The third kappa shape index (κ3) is 7.82. The molecule has 4 nitrogen and oxygen atoms in total. The quantitative estimate of drug-likeness (QED) is 0.565. The van der Waals surface area contributed by atoms with Crippen LogP contribution < -0.4 is 5.32 Å². The van der Waals surface area contributed by atoms with Crippen LogP contribution in [0.3, 0.4) is 0 Å². The van der Waals surface area contributed by atoms with E-state index >= 15 is 0 Å². The van der Waals surface area contributed by atoms with Gasteiger partial charge in [0.2, 0.25) is 11.8 Å². The fourth-order valence-corrected chi connectivity index (χ4v) is 3.91. The van der Waals surface area contributed by atoms with E-state index in [0.29, 0.717) is 18.9 Å². The average molecular weight is 431 g/mol. The van der Waals surface area contributed by atoms with Gasteiger partial charge in [0.05, 0.1) is 5.75 Å². The monoisotopic (exact) mass is 430 g/mol. The number of carbonyl (C=O) groups is 2. The molecule has 1 atom stereocenters. The van der Waals surface area contributed by atoms with Gasteiger partial charge in [-0.1, -0.05) is 63.2 Å². The Morgan fingerprint density at radius 3 is 2.30 bits per heavy atom. The number of benzene rings is 2. The van der Waals surface area contributed by atoms with Crippen molar-refractivity contribution in [2.24, 2.45) is 5.92 Å². The molecule has 1 N–H and O–H groups in total. The van der Waals surface area contributed by atoms with E-state index in [1.165, 1.54) is 23.9 Å². The molecule has 0 fully saturated rings. The van der Waals surface area contributed by atoms with Crippen molar-refractivity contribution in [3.05, 3.63) is 71.5 Å². The fraction of sp³-hybridized carbons (Fsp3) is 0.417. The van der Waals surface area contributed by atoms with Crippen molar-refractivity contribution in [2.75, 3.05) is 12.3 Å². The van der Waals surface area contributed by atoms with Gasteiger partial charge in [-0.05, 0) is 35.6 Å². The van der Waals surface area contributed by atoms with Gasteiger partial charge >= 0.3 is 0 Å². The zero-order valence-corrected chi connectivity index (χ0v) is 18.8. The number of nitrogens with zero attached hydrogens (tertiary/aromatic N) is 1. The van der Waals surface area contributed by atoms with Gasteiger partial charge in [0.25, 0.3) is 0 Å². The van der Waals surface area contributed by atoms with E-state index in [0.717, 1.165) is 16.9 Å². The number of halogens is 1. The van der Waals surface area contributed by atoms with E-state index in [4.69, 9.17) is 0 Å². The number of carbonyl (C=O) groups excluding carboxylic acids is 2. The first kappa shape index (κ1) is 23.9. The Bertz CT molecular complexity index is 797. The molecule has 2 aromatic rings. The predicted molar refractivity (Wildman–Crippen MR) is 121 cm³/mol. The molecule has 0 saturated carbocycles. The van der Waals surface area contributed by atoms with Gasteiger partial charge in [-0.15, -0.1) is 11.8 Å². The Balaban J connectivity index is 2.10. The van der Waals surface area contributed by atoms with E-state index in [2.05, 4.69) is 5.32 Å². The summed E-state index contributed by atoms with van der Waals surface area (Å²) >= 11 is 1.53. The topological polar surface area (TPSA) is 49.4 Å². The normalized spacial score (nSPS) is 11.9. The van der Waals surface area contributed by atoms with E-state index in [9.17, 15) is 14.0 Å². The van der Waals surface area contributed by atoms with Crippen molar-refractivity contribution < 1.29 is 14.0 Å². The molecule has 6 heteroatoms. The Kier molecular flexibility index (Phi) is 9.87. The molecule has 0 aliphatic rings. The zero-order valence-electron chi connectivity index (χ0n) is 17.9. The van der Waals surface area contributed by atoms with Crippen molar-refractivity contribution >= 4 is 23.6 Å². The molecule has 0 heterocycles. The van der Waals surface area contributed by atoms with Crippen LogP contribution in [0.1, 0.15) is 38.3 Å². The molecule has 0 bridgehead atoms. The zero-order chi connectivity index (χ0) is 21.9. The van der Waals surface area contributed by atoms with Crippen molar-refractivity contribution in [1.29, 1.82) is 0 Å². The van der Waals surface area contributed by atoms with Crippen LogP contribution in [-0.2, 0) is 21.9 Å². The summed E-state index contributed by atoms with van der Waals surface area (Å²) in [5.41, 5.74) is 1.95. The van der Waals surface area contributed by atoms with Crippen LogP contribution in [0.5, 0.6) is 0 Å². The summed E-state index contributed by atoms with van der Waals surface area (Å²) in [5.74, 6) is 0.782. The number of rotatable bonds is 11. The Hall–Kier alpha value is -2.34. The second kappa shape index (κ2) is 12.4. The fourth-order valence-electron chi connectivity index (χ4n) is 3.04. The van der Waals surface area contributed by atoms with Crippen LogP contribution in [0.2, 0.25) is 0 Å². The lowest BCUT2D eigenvalue weighted by molar-refractivity contribution is -0.139. The van der Waals surface area contributed by atoms with Crippen molar-refractivity contribution in [3.63, 3.8) is 0 Å². The number of hydrogen-bond donors (Lipinski definition) is 1. The van der Waals surface area contributed by atoms with Gasteiger partial charge in [-0.2, -0.15) is 0 Å². The largest absolute Gasteiger partial charge is 0.354 e. The summed E-state index contributed by atoms with van der Waals surface area (Å²) in [4.78, 5) is 27.5. The standard InChI is InChI=1S/C24H31FN2O2S/c1-4-22(24(29)26-14-18(2)3)27(15-19-10-12-21(25)13-11-19)23(28)17-30-16-20-8-6-5-7-9-20/h5-13,18,22H,4,14-17H2,1-3H3,(H,26,29). The maximum absolute atomic E-state index is 13.3. The van der Waals surface area contributed by atoms with Gasteiger partial charge in [0.1, 0.15) is 11.9 Å². The van der Waals surface area contributed by atoms with Gasteiger partial charge in [-0.3, -0.25) is 9.59 Å². The highest BCUT2D eigenvalue weighted by Crippen LogP contribution is 2.17. The van der Waals surface area contributed by atoms with Crippen molar-refractivity contribution in [1.82, 2.24) is 10.2 Å². The highest BCUT2D eigenvalue weighted by Gasteiger charge is 2.28. The van der Waals surface area contributed by atoms with Crippen molar-refractivity contribution in [3.8, 4) is 0 Å². The first-order valence-corrected chi connectivity index (χ1v) is 11.5. The van der Waals surface area contributed by atoms with E-state index in [-0.39, 0.29) is 29.9 Å². The molecule has 2 aromatic carbocycles. The van der Waals surface area contributed by atoms with Crippen LogP contribution in [-0.4, -0.2) is 35.1 Å². The Labute approximate surface area is 183 Å². The molecular weight excluding hydrogens is 399 g/mol. The second-order valence-corrected chi connectivity index (χ2v) is 8.68. The molecule has 1 unspecified atom stereocenters. The number of thioether (sulfide) groups is 1. The highest BCUT2D eigenvalue weighted by molar-refractivity contribution is 7.99. The van der Waals surface area contributed by atoms with Gasteiger partial charge in [0, 0.05) is 18.8 Å². The molecule has 0 radical (unpaired) electrons. The Morgan fingerprint density at radius 1 is 1.03 bits per heavy atom. The van der Waals surface area contributed by atoms with E-state index < -0.39 is 6.04 Å². The second-order valence-electron chi connectivity index (χ2n) is 7.69. The lowest BCUT2D eigenvalue weighted by atomic mass is 10.1. The predicted octanol–water partition coefficient (Wildman–Crippen LogP) is 4.64. The number of hydrogen-bond acceptors (Lipinski definition) is 3. The Morgan fingerprint density at radius 2 is 1.70 bits per heavy atom. The van der Waals surface area contributed by atoms with Crippen LogP contribution >= 0.6 is 11.8 Å². The molecule has 0 aliphatic carbocycles. The summed E-state index contributed by atoms with van der Waals surface area (Å²) in [5, 5.41) is 2.95. The molecule has 0 aromatic heterocycles. The van der Waals surface area contributed by atoms with Crippen LogP contribution in [0.4, 0.5) is 4.39 Å². The third-order valence-electron chi connectivity index (χ3n) is 4.67. The number of amides is 2. The SMILES string of the molecule is CCC(C(=O)NCC(C)C)N(Cc1ccc(F)cc1)C(=O)CSCc1ccccc1. The van der Waals surface area contributed by atoms with Crippen molar-refractivity contribution in [2.45, 2.75) is 45.5 Å². The molecule has 2 amide bonds. The van der Waals surface area contributed by atoms with Crippen LogP contribution in [0.25, 0.3) is 0 Å². The maximum Gasteiger partial charge on any atom is 0.242 e. The third-order valence-corrected chi connectivity index (χ3v) is 5.66. The highest BCUT2D eigenvalue weighted by atomic mass is 32.2. The molecule has 30 heavy (non-hydrogen) atoms. The van der Waals surface area contributed by atoms with E-state index in [1.807, 2.05) is 51.1 Å². The smallest absolute Gasteiger partial charge is 0.242 e. The van der Waals surface area contributed by atoms with Gasteiger partial charge in [0.15, 0.2) is 0 Å². The summed E-state index contributed by atoms with van der Waals surface area (Å²) in [6.45, 7) is 6.81. The molecular formula is C24H31FN2O2S. The minimum Gasteiger partial charge on any atom is -0.354 e. The maximum atomic E-state index is 13.3. The first-order chi connectivity index (χ1) is 14.4. The first-order valence-electron chi connectivity index (χ1n) is 10.3. The van der Waals surface area contributed by atoms with Crippen LogP contribution in [0.15, 0.2) is 54.6 Å². The van der Waals surface area contributed by atoms with Crippen LogP contribution in [0, 0.1) is 11.7 Å². The molecule has 0 aliphatic heterocycles. The molecule has 0 spiro atoms.